The van der Waals surface area contributed by atoms with Crippen LogP contribution >= 0.6 is 11.3 Å². The van der Waals surface area contributed by atoms with E-state index in [9.17, 15) is 9.59 Å². The zero-order valence-electron chi connectivity index (χ0n) is 17.6. The standard InChI is InChI=1S/C20H23N7O4S/c1-30-14-6-4-3-5-13(14)23-20(29)26-7-8-27(12(10-26)9-15(28)31-2)17-16-18(32-11-22-16)25-19(21)24-17/h3-6,11-12H,7-10H2,1-2H3,(H,23,29)(H2,21,24,25). The quantitative estimate of drug-likeness (QED) is 0.551. The van der Waals surface area contributed by atoms with Crippen LogP contribution in [0.1, 0.15) is 6.42 Å². The van der Waals surface area contributed by atoms with Crippen molar-refractivity contribution in [3.05, 3.63) is 29.8 Å². The van der Waals surface area contributed by atoms with Gasteiger partial charge in [-0.1, -0.05) is 12.1 Å². The van der Waals surface area contributed by atoms with Gasteiger partial charge < -0.3 is 30.3 Å². The predicted octanol–water partition coefficient (Wildman–Crippen LogP) is 1.96. The Kier molecular flexibility index (Phi) is 6.21. The number of ether oxygens (including phenoxy) is 2. The van der Waals surface area contributed by atoms with Gasteiger partial charge in [-0.15, -0.1) is 11.3 Å². The minimum atomic E-state index is -0.386. The normalized spacial score (nSPS) is 16.1. The summed E-state index contributed by atoms with van der Waals surface area (Å²) < 4.78 is 10.2. The monoisotopic (exact) mass is 457 g/mol. The predicted molar refractivity (Wildman–Crippen MR) is 121 cm³/mol. The number of amides is 2. The van der Waals surface area contributed by atoms with Crippen molar-refractivity contribution in [1.29, 1.82) is 0 Å². The fourth-order valence-electron chi connectivity index (χ4n) is 3.67. The second kappa shape index (κ2) is 9.22. The maximum Gasteiger partial charge on any atom is 0.322 e. The number of nitrogens with two attached hydrogens (primary N) is 1. The van der Waals surface area contributed by atoms with Gasteiger partial charge in [-0.3, -0.25) is 4.79 Å². The molecule has 1 aliphatic rings. The van der Waals surface area contributed by atoms with Gasteiger partial charge in [-0.2, -0.15) is 4.98 Å². The third-order valence-corrected chi connectivity index (χ3v) is 5.94. The van der Waals surface area contributed by atoms with Crippen molar-refractivity contribution >= 4 is 51.1 Å². The summed E-state index contributed by atoms with van der Waals surface area (Å²) in [5, 5.41) is 2.88. The summed E-state index contributed by atoms with van der Waals surface area (Å²) in [5.74, 6) is 0.855. The molecule has 3 N–H and O–H groups in total. The molecule has 1 aromatic carbocycles. The molecule has 1 fully saturated rings. The molecule has 3 aromatic rings. The molecule has 1 saturated heterocycles. The van der Waals surface area contributed by atoms with E-state index in [0.29, 0.717) is 40.7 Å². The molecule has 2 aromatic heterocycles. The lowest BCUT2D eigenvalue weighted by molar-refractivity contribution is -0.141. The molecule has 32 heavy (non-hydrogen) atoms. The number of fused-ring (bicyclic) bond motifs is 1. The number of nitrogens with zero attached hydrogens (tertiary/aromatic N) is 5. The highest BCUT2D eigenvalue weighted by atomic mass is 32.1. The van der Waals surface area contributed by atoms with Crippen LogP contribution in [0.2, 0.25) is 0 Å². The maximum atomic E-state index is 13.0. The molecule has 0 aliphatic carbocycles. The first-order valence-corrected chi connectivity index (χ1v) is 10.8. The number of nitrogens with one attached hydrogen (secondary N) is 1. The number of benzene rings is 1. The van der Waals surface area contributed by atoms with Crippen LogP contribution in [-0.2, 0) is 9.53 Å². The lowest BCUT2D eigenvalue weighted by Crippen LogP contribution is -2.56. The Labute approximate surface area is 188 Å². The van der Waals surface area contributed by atoms with E-state index in [4.69, 9.17) is 15.2 Å². The number of methoxy groups -OCH3 is 2. The van der Waals surface area contributed by atoms with Gasteiger partial charge >= 0.3 is 12.0 Å². The average molecular weight is 458 g/mol. The number of anilines is 3. The van der Waals surface area contributed by atoms with Crippen molar-refractivity contribution in [3.63, 3.8) is 0 Å². The molecule has 1 unspecified atom stereocenters. The smallest absolute Gasteiger partial charge is 0.322 e. The molecule has 0 spiro atoms. The lowest BCUT2D eigenvalue weighted by Gasteiger charge is -2.41. The number of piperazine rings is 1. The highest BCUT2D eigenvalue weighted by Crippen LogP contribution is 2.30. The molecule has 11 nitrogen and oxygen atoms in total. The zero-order valence-corrected chi connectivity index (χ0v) is 18.5. The molecular weight excluding hydrogens is 434 g/mol. The summed E-state index contributed by atoms with van der Waals surface area (Å²) in [5.41, 5.74) is 8.77. The Morgan fingerprint density at radius 3 is 2.84 bits per heavy atom. The first kappa shape index (κ1) is 21.6. The van der Waals surface area contributed by atoms with E-state index in [0.717, 1.165) is 0 Å². The molecule has 0 saturated carbocycles. The Balaban J connectivity index is 1.58. The van der Waals surface area contributed by atoms with E-state index >= 15 is 0 Å². The van der Waals surface area contributed by atoms with Gasteiger partial charge in [0.05, 0.1) is 37.9 Å². The number of carbonyl (C=O) groups is 2. The van der Waals surface area contributed by atoms with Gasteiger partial charge in [0, 0.05) is 19.6 Å². The zero-order chi connectivity index (χ0) is 22.7. The van der Waals surface area contributed by atoms with E-state index < -0.39 is 0 Å². The minimum absolute atomic E-state index is 0.0739. The first-order valence-electron chi connectivity index (χ1n) is 9.89. The minimum Gasteiger partial charge on any atom is -0.495 e. The molecule has 0 radical (unpaired) electrons. The van der Waals surface area contributed by atoms with Gasteiger partial charge in [0.25, 0.3) is 0 Å². The van der Waals surface area contributed by atoms with E-state index in [2.05, 4.69) is 20.3 Å². The second-order valence-electron chi connectivity index (χ2n) is 7.12. The number of esters is 1. The SMILES string of the molecule is COC(=O)CC1CN(C(=O)Nc2ccccc2OC)CCN1c1nc(N)nc2scnc12. The Morgan fingerprint density at radius 2 is 2.06 bits per heavy atom. The number of hydrogen-bond acceptors (Lipinski definition) is 10. The van der Waals surface area contributed by atoms with Crippen molar-refractivity contribution in [2.75, 3.05) is 49.8 Å². The van der Waals surface area contributed by atoms with Crippen LogP contribution in [0, 0.1) is 0 Å². The summed E-state index contributed by atoms with van der Waals surface area (Å²) in [6, 6.07) is 6.51. The fourth-order valence-corrected chi connectivity index (χ4v) is 4.33. The molecule has 12 heteroatoms. The van der Waals surface area contributed by atoms with Crippen LogP contribution in [0.25, 0.3) is 10.3 Å². The highest BCUT2D eigenvalue weighted by molar-refractivity contribution is 7.16. The van der Waals surface area contributed by atoms with Gasteiger partial charge in [-0.25, -0.2) is 14.8 Å². The van der Waals surface area contributed by atoms with Crippen LogP contribution in [0.15, 0.2) is 29.8 Å². The van der Waals surface area contributed by atoms with E-state index in [1.165, 1.54) is 18.4 Å². The van der Waals surface area contributed by atoms with Crippen LogP contribution in [0.4, 0.5) is 22.2 Å². The van der Waals surface area contributed by atoms with Crippen molar-refractivity contribution in [2.45, 2.75) is 12.5 Å². The van der Waals surface area contributed by atoms with Crippen LogP contribution < -0.4 is 20.7 Å². The number of carbonyl (C=O) groups excluding carboxylic acids is 2. The number of nitrogen functional groups attached to an aromatic ring is 1. The summed E-state index contributed by atoms with van der Waals surface area (Å²) in [4.78, 5) is 42.4. The largest absolute Gasteiger partial charge is 0.495 e. The van der Waals surface area contributed by atoms with E-state index in [1.54, 1.807) is 29.7 Å². The third kappa shape index (κ3) is 4.35. The molecule has 168 valence electrons. The van der Waals surface area contributed by atoms with Crippen molar-refractivity contribution in [3.8, 4) is 5.75 Å². The average Bonchev–Trinajstić information content (AvgIpc) is 3.27. The van der Waals surface area contributed by atoms with Gasteiger partial charge in [0.15, 0.2) is 10.6 Å². The molecule has 1 aliphatic heterocycles. The summed E-state index contributed by atoms with van der Waals surface area (Å²) in [7, 11) is 2.88. The van der Waals surface area contributed by atoms with Crippen LogP contribution in [0.5, 0.6) is 5.75 Å². The molecule has 4 rings (SSSR count). The lowest BCUT2D eigenvalue weighted by atomic mass is 10.1. The molecule has 2 amide bonds. The highest BCUT2D eigenvalue weighted by Gasteiger charge is 2.34. The second-order valence-corrected chi connectivity index (χ2v) is 7.95. The number of thiazole rings is 1. The summed E-state index contributed by atoms with van der Waals surface area (Å²) in [6.45, 7) is 1.13. The van der Waals surface area contributed by atoms with Crippen LogP contribution in [-0.4, -0.2) is 71.7 Å². The Bertz CT molecular complexity index is 1140. The van der Waals surface area contributed by atoms with Crippen LogP contribution in [0.3, 0.4) is 0 Å². The summed E-state index contributed by atoms with van der Waals surface area (Å²) in [6.07, 6.45) is 0.0739. The Morgan fingerprint density at radius 1 is 1.25 bits per heavy atom. The van der Waals surface area contributed by atoms with E-state index in [1.807, 2.05) is 17.0 Å². The first-order chi connectivity index (χ1) is 15.5. The Hall–Kier alpha value is -3.67. The van der Waals surface area contributed by atoms with Gasteiger partial charge in [0.1, 0.15) is 11.3 Å². The molecule has 0 bridgehead atoms. The van der Waals surface area contributed by atoms with E-state index in [-0.39, 0.29) is 37.0 Å². The van der Waals surface area contributed by atoms with Gasteiger partial charge in [0.2, 0.25) is 5.95 Å². The van der Waals surface area contributed by atoms with Crippen molar-refractivity contribution < 1.29 is 19.1 Å². The third-order valence-electron chi connectivity index (χ3n) is 5.22. The van der Waals surface area contributed by atoms with Crippen molar-refractivity contribution in [1.82, 2.24) is 19.9 Å². The van der Waals surface area contributed by atoms with Gasteiger partial charge in [-0.05, 0) is 12.1 Å². The maximum absolute atomic E-state index is 13.0. The molecular formula is C20H23N7O4S. The fraction of sp³-hybridized carbons (Fsp3) is 0.350. The number of para-hydroxylation sites is 2. The molecule has 1 atom stereocenters. The topological polar surface area (TPSA) is 136 Å². The number of urea groups is 1. The number of rotatable bonds is 5. The number of hydrogen-bond donors (Lipinski definition) is 2. The van der Waals surface area contributed by atoms with Crippen molar-refractivity contribution in [2.24, 2.45) is 0 Å². The molecule has 3 heterocycles. The number of aromatic nitrogens is 3. The summed E-state index contributed by atoms with van der Waals surface area (Å²) >= 11 is 1.36.